The Morgan fingerprint density at radius 1 is 1.12 bits per heavy atom. The molecule has 0 saturated heterocycles. The molecule has 0 fully saturated rings. The molecule has 0 heterocycles. The maximum absolute atomic E-state index is 5.60. The predicted molar refractivity (Wildman–Crippen MR) is 36.8 cm³/mol. The number of rotatable bonds is 0. The van der Waals surface area contributed by atoms with Crippen LogP contribution in [0.1, 0.15) is 0 Å². The summed E-state index contributed by atoms with van der Waals surface area (Å²) in [5, 5.41) is 0.781. The summed E-state index contributed by atoms with van der Waals surface area (Å²) >= 11 is 8.47. The number of benzene rings is 1. The van der Waals surface area contributed by atoms with Crippen LogP contribution >= 0.6 is 11.6 Å². The van der Waals surface area contributed by atoms with Crippen molar-refractivity contribution >= 4 is 32.1 Å². The summed E-state index contributed by atoms with van der Waals surface area (Å²) in [7, 11) is 0. The molecule has 0 nitrogen and oxygen atoms in total. The molecule has 0 saturated carbocycles. The Kier molecular flexibility index (Phi) is 1.95. The zero-order chi connectivity index (χ0) is 5.98. The van der Waals surface area contributed by atoms with Gasteiger partial charge < -0.3 is 0 Å². The Balaban J connectivity index is 3.03. The summed E-state index contributed by atoms with van der Waals surface area (Å²) in [6, 6.07) is 7.57. The van der Waals surface area contributed by atoms with Crippen molar-refractivity contribution in [2.45, 2.75) is 0 Å². The normalized spacial score (nSPS) is 9.12. The summed E-state index contributed by atoms with van der Waals surface area (Å²) in [4.78, 5) is 0. The Hall–Kier alpha value is 0.0295. The molecule has 0 aliphatic carbocycles. The molecule has 1 aromatic carbocycles. The van der Waals surface area contributed by atoms with Crippen molar-refractivity contribution in [1.82, 2.24) is 0 Å². The molecule has 0 aliphatic heterocycles. The first kappa shape index (κ1) is 6.15. The van der Waals surface area contributed by atoms with Crippen LogP contribution < -0.4 is 4.46 Å². The Bertz CT molecular complexity index is 147. The van der Waals surface area contributed by atoms with Crippen LogP contribution in [0.25, 0.3) is 0 Å². The van der Waals surface area contributed by atoms with E-state index >= 15 is 0 Å². The van der Waals surface area contributed by atoms with E-state index in [0.717, 1.165) is 9.48 Å². The fourth-order valence-electron chi connectivity index (χ4n) is 0.435. The van der Waals surface area contributed by atoms with E-state index in [1.54, 1.807) is 0 Å². The molecule has 41 valence electrons. The summed E-state index contributed by atoms with van der Waals surface area (Å²) < 4.78 is 1.12. The predicted octanol–water partition coefficient (Wildman–Crippen LogP) is 1.13. The average molecular weight is 191 g/mol. The molecule has 0 amide bonds. The van der Waals surface area contributed by atoms with Crippen molar-refractivity contribution in [1.29, 1.82) is 0 Å². The monoisotopic (exact) mass is 191 g/mol. The number of hydrogen-bond donors (Lipinski definition) is 0. The van der Waals surface area contributed by atoms with Crippen molar-refractivity contribution in [3.05, 3.63) is 29.3 Å². The molecule has 0 N–H and O–H groups in total. The van der Waals surface area contributed by atoms with Crippen molar-refractivity contribution in [3.8, 4) is 0 Å². The minimum atomic E-state index is 0.781. The molecule has 2 heteroatoms. The second-order valence-electron chi connectivity index (χ2n) is 1.45. The Morgan fingerprint density at radius 2 is 1.62 bits per heavy atom. The van der Waals surface area contributed by atoms with Gasteiger partial charge in [-0.2, -0.15) is 0 Å². The van der Waals surface area contributed by atoms with Crippen molar-refractivity contribution in [2.75, 3.05) is 0 Å². The van der Waals surface area contributed by atoms with Gasteiger partial charge in [-0.05, 0) is 0 Å². The zero-order valence-electron chi connectivity index (χ0n) is 4.10. The third-order valence-corrected chi connectivity index (χ3v) is 1.64. The second-order valence-corrected chi connectivity index (χ2v) is 2.88. The second kappa shape index (κ2) is 2.54. The van der Waals surface area contributed by atoms with Crippen LogP contribution in [0.4, 0.5) is 0 Å². The molecular formula is C6H4ClSe. The van der Waals surface area contributed by atoms with Crippen LogP contribution in [0.3, 0.4) is 0 Å². The topological polar surface area (TPSA) is 0 Å². The number of halogens is 1. The van der Waals surface area contributed by atoms with Crippen LogP contribution in [-0.2, 0) is 0 Å². The van der Waals surface area contributed by atoms with E-state index in [-0.39, 0.29) is 0 Å². The third-order valence-electron chi connectivity index (χ3n) is 0.814. The fourth-order valence-corrected chi connectivity index (χ4v) is 0.846. The van der Waals surface area contributed by atoms with Crippen LogP contribution in [0.5, 0.6) is 0 Å². The maximum atomic E-state index is 5.60. The quantitative estimate of drug-likeness (QED) is 0.538. The molecule has 0 unspecified atom stereocenters. The van der Waals surface area contributed by atoms with E-state index in [0.29, 0.717) is 0 Å². The van der Waals surface area contributed by atoms with Crippen LogP contribution in [0.2, 0.25) is 5.02 Å². The van der Waals surface area contributed by atoms with E-state index in [9.17, 15) is 0 Å². The summed E-state index contributed by atoms with van der Waals surface area (Å²) in [6.45, 7) is 0. The van der Waals surface area contributed by atoms with Crippen LogP contribution in [-0.4, -0.2) is 16.0 Å². The Morgan fingerprint density at radius 3 is 2.00 bits per heavy atom. The summed E-state index contributed by atoms with van der Waals surface area (Å²) in [6.07, 6.45) is 0. The first-order chi connectivity index (χ1) is 3.79. The van der Waals surface area contributed by atoms with E-state index in [1.165, 1.54) is 0 Å². The SMILES string of the molecule is Clc1ccc([Se])cc1. The Labute approximate surface area is 61.7 Å². The summed E-state index contributed by atoms with van der Waals surface area (Å²) in [5.41, 5.74) is 0. The van der Waals surface area contributed by atoms with Crippen molar-refractivity contribution in [2.24, 2.45) is 0 Å². The minimum absolute atomic E-state index is 0.781. The van der Waals surface area contributed by atoms with Gasteiger partial charge in [0.15, 0.2) is 0 Å². The van der Waals surface area contributed by atoms with Gasteiger partial charge in [0.25, 0.3) is 0 Å². The van der Waals surface area contributed by atoms with Gasteiger partial charge in [-0.1, -0.05) is 0 Å². The van der Waals surface area contributed by atoms with Gasteiger partial charge in [-0.15, -0.1) is 0 Å². The molecule has 0 aliphatic rings. The fraction of sp³-hybridized carbons (Fsp3) is 0. The van der Waals surface area contributed by atoms with Gasteiger partial charge in [-0.25, -0.2) is 0 Å². The third kappa shape index (κ3) is 1.52. The van der Waals surface area contributed by atoms with Crippen molar-refractivity contribution < 1.29 is 0 Å². The molecular weight excluding hydrogens is 186 g/mol. The van der Waals surface area contributed by atoms with Gasteiger partial charge in [-0.3, -0.25) is 0 Å². The van der Waals surface area contributed by atoms with Crippen LogP contribution in [0, 0.1) is 0 Å². The van der Waals surface area contributed by atoms with Gasteiger partial charge in [0.2, 0.25) is 0 Å². The molecule has 0 spiro atoms. The van der Waals surface area contributed by atoms with Gasteiger partial charge in [0, 0.05) is 0 Å². The average Bonchev–Trinajstić information content (AvgIpc) is 1.77. The molecule has 1 rings (SSSR count). The van der Waals surface area contributed by atoms with Gasteiger partial charge in [0.05, 0.1) is 0 Å². The first-order valence-corrected chi connectivity index (χ1v) is 3.45. The van der Waals surface area contributed by atoms with Gasteiger partial charge in [0.1, 0.15) is 0 Å². The van der Waals surface area contributed by atoms with Crippen LogP contribution in [0.15, 0.2) is 24.3 Å². The first-order valence-electron chi connectivity index (χ1n) is 2.21. The molecule has 1 aromatic rings. The molecule has 0 bridgehead atoms. The number of hydrogen-bond acceptors (Lipinski definition) is 0. The van der Waals surface area contributed by atoms with E-state index in [2.05, 4.69) is 16.0 Å². The van der Waals surface area contributed by atoms with E-state index < -0.39 is 0 Å². The molecule has 0 aromatic heterocycles. The molecule has 1 radical (unpaired) electrons. The van der Waals surface area contributed by atoms with E-state index in [1.807, 2.05) is 24.3 Å². The molecule has 0 atom stereocenters. The van der Waals surface area contributed by atoms with Crippen molar-refractivity contribution in [3.63, 3.8) is 0 Å². The summed E-state index contributed by atoms with van der Waals surface area (Å²) in [5.74, 6) is 0. The van der Waals surface area contributed by atoms with Gasteiger partial charge >= 0.3 is 61.4 Å². The standard InChI is InChI=1S/C6H4ClSe/c7-5-1-3-6(8)4-2-5/h1-4H. The zero-order valence-corrected chi connectivity index (χ0v) is 6.56. The van der Waals surface area contributed by atoms with E-state index in [4.69, 9.17) is 11.6 Å². The molecule has 8 heavy (non-hydrogen) atoms.